The van der Waals surface area contributed by atoms with Crippen molar-refractivity contribution in [2.45, 2.75) is 6.61 Å². The molecule has 0 bridgehead atoms. The Labute approximate surface area is 128 Å². The highest BCUT2D eigenvalue weighted by atomic mass is 35.5. The third-order valence-electron chi connectivity index (χ3n) is 3.48. The number of piperazine rings is 1. The quantitative estimate of drug-likeness (QED) is 0.804. The van der Waals surface area contributed by atoms with Crippen LogP contribution in [0, 0.1) is 0 Å². The number of ether oxygens (including phenoxy) is 2. The minimum absolute atomic E-state index is 0.0194. The Bertz CT molecular complexity index is 455. The molecule has 0 unspecified atom stereocenters. The predicted octanol–water partition coefficient (Wildman–Crippen LogP) is 2.71. The van der Waals surface area contributed by atoms with E-state index in [1.54, 1.807) is 13.2 Å². The lowest BCUT2D eigenvalue weighted by atomic mass is 10.2. The van der Waals surface area contributed by atoms with Gasteiger partial charge in [-0.15, -0.1) is 0 Å². The molecule has 0 aliphatic carbocycles. The van der Waals surface area contributed by atoms with Crippen LogP contribution in [-0.4, -0.2) is 58.0 Å². The standard InChI is InChI=1S/C14H19ClF2N2O2/c1-20-10-9-18-5-7-19(8-6-18)11-3-2-4-12(13(11)15)21-14(16)17/h2-4,14H,5-10H2,1H3. The molecule has 0 spiro atoms. The van der Waals surface area contributed by atoms with E-state index in [1.807, 2.05) is 6.07 Å². The Balaban J connectivity index is 2.00. The fraction of sp³-hybridized carbons (Fsp3) is 0.571. The summed E-state index contributed by atoms with van der Waals surface area (Å²) >= 11 is 6.17. The zero-order chi connectivity index (χ0) is 15.2. The molecule has 1 aliphatic heterocycles. The largest absolute Gasteiger partial charge is 0.433 e. The van der Waals surface area contributed by atoms with Crippen LogP contribution in [0.15, 0.2) is 18.2 Å². The van der Waals surface area contributed by atoms with Crippen LogP contribution in [0.3, 0.4) is 0 Å². The first kappa shape index (κ1) is 16.3. The van der Waals surface area contributed by atoms with Gasteiger partial charge in [-0.3, -0.25) is 4.90 Å². The van der Waals surface area contributed by atoms with Crippen LogP contribution >= 0.6 is 11.6 Å². The highest BCUT2D eigenvalue weighted by molar-refractivity contribution is 6.34. The Morgan fingerprint density at radius 2 is 1.95 bits per heavy atom. The molecule has 0 atom stereocenters. The lowest BCUT2D eigenvalue weighted by Gasteiger charge is -2.36. The van der Waals surface area contributed by atoms with Gasteiger partial charge < -0.3 is 14.4 Å². The molecule has 2 rings (SSSR count). The van der Waals surface area contributed by atoms with Crippen LogP contribution < -0.4 is 9.64 Å². The van der Waals surface area contributed by atoms with E-state index in [4.69, 9.17) is 16.3 Å². The van der Waals surface area contributed by atoms with Gasteiger partial charge in [-0.2, -0.15) is 8.78 Å². The molecule has 1 aliphatic rings. The molecule has 7 heteroatoms. The van der Waals surface area contributed by atoms with E-state index in [-0.39, 0.29) is 10.8 Å². The lowest BCUT2D eigenvalue weighted by molar-refractivity contribution is -0.0497. The first-order chi connectivity index (χ1) is 10.1. The number of hydrogen-bond acceptors (Lipinski definition) is 4. The van der Waals surface area contributed by atoms with Crippen molar-refractivity contribution in [3.63, 3.8) is 0 Å². The molecule has 21 heavy (non-hydrogen) atoms. The van der Waals surface area contributed by atoms with Crippen molar-refractivity contribution >= 4 is 17.3 Å². The van der Waals surface area contributed by atoms with Gasteiger partial charge in [0.2, 0.25) is 0 Å². The van der Waals surface area contributed by atoms with Crippen molar-refractivity contribution in [3.8, 4) is 5.75 Å². The van der Waals surface area contributed by atoms with Crippen molar-refractivity contribution in [1.29, 1.82) is 0 Å². The van der Waals surface area contributed by atoms with E-state index in [2.05, 4.69) is 14.5 Å². The van der Waals surface area contributed by atoms with Crippen molar-refractivity contribution in [1.82, 2.24) is 4.90 Å². The predicted molar refractivity (Wildman–Crippen MR) is 78.6 cm³/mol. The zero-order valence-corrected chi connectivity index (χ0v) is 12.7. The second-order valence-corrected chi connectivity index (χ2v) is 5.17. The molecule has 118 valence electrons. The fourth-order valence-electron chi connectivity index (χ4n) is 2.36. The van der Waals surface area contributed by atoms with Gasteiger partial charge in [0, 0.05) is 39.8 Å². The summed E-state index contributed by atoms with van der Waals surface area (Å²) in [7, 11) is 1.69. The third-order valence-corrected chi connectivity index (χ3v) is 3.86. The normalized spacial score (nSPS) is 16.5. The second-order valence-electron chi connectivity index (χ2n) is 4.79. The Hall–Kier alpha value is -1.11. The van der Waals surface area contributed by atoms with Gasteiger partial charge in [-0.05, 0) is 12.1 Å². The number of alkyl halides is 2. The molecule has 1 saturated heterocycles. The van der Waals surface area contributed by atoms with E-state index in [1.165, 1.54) is 6.07 Å². The molecule has 1 fully saturated rings. The van der Waals surface area contributed by atoms with Crippen molar-refractivity contribution < 1.29 is 18.3 Å². The summed E-state index contributed by atoms with van der Waals surface area (Å²) in [5.74, 6) is 0.0194. The smallest absolute Gasteiger partial charge is 0.387 e. The summed E-state index contributed by atoms with van der Waals surface area (Å²) in [6.45, 7) is 2.09. The number of methoxy groups -OCH3 is 1. The molecular formula is C14H19ClF2N2O2. The highest BCUT2D eigenvalue weighted by Gasteiger charge is 2.20. The first-order valence-corrected chi connectivity index (χ1v) is 7.19. The van der Waals surface area contributed by atoms with E-state index >= 15 is 0 Å². The van der Waals surface area contributed by atoms with Gasteiger partial charge in [-0.1, -0.05) is 17.7 Å². The van der Waals surface area contributed by atoms with E-state index < -0.39 is 6.61 Å². The summed E-state index contributed by atoms with van der Waals surface area (Å²) in [5, 5.41) is 0.239. The molecule has 0 saturated carbocycles. The number of anilines is 1. The SMILES string of the molecule is COCCN1CCN(c2cccc(OC(F)F)c2Cl)CC1. The number of benzene rings is 1. The minimum Gasteiger partial charge on any atom is -0.433 e. The van der Waals surface area contributed by atoms with Gasteiger partial charge in [0.05, 0.1) is 12.3 Å². The van der Waals surface area contributed by atoms with Crippen LogP contribution in [0.2, 0.25) is 5.02 Å². The van der Waals surface area contributed by atoms with Crippen LogP contribution in [0.1, 0.15) is 0 Å². The Morgan fingerprint density at radius 1 is 1.24 bits per heavy atom. The first-order valence-electron chi connectivity index (χ1n) is 6.81. The van der Waals surface area contributed by atoms with Gasteiger partial charge in [0.15, 0.2) is 0 Å². The van der Waals surface area contributed by atoms with Crippen LogP contribution in [-0.2, 0) is 4.74 Å². The lowest BCUT2D eigenvalue weighted by Crippen LogP contribution is -2.47. The zero-order valence-electron chi connectivity index (χ0n) is 11.9. The van der Waals surface area contributed by atoms with Crippen LogP contribution in [0.4, 0.5) is 14.5 Å². The molecule has 1 heterocycles. The number of nitrogens with zero attached hydrogens (tertiary/aromatic N) is 2. The van der Waals surface area contributed by atoms with Gasteiger partial charge in [0.25, 0.3) is 0 Å². The molecule has 1 aromatic rings. The number of rotatable bonds is 6. The number of hydrogen-bond donors (Lipinski definition) is 0. The summed E-state index contributed by atoms with van der Waals surface area (Å²) in [4.78, 5) is 4.39. The van der Waals surface area contributed by atoms with E-state index in [9.17, 15) is 8.78 Å². The number of halogens is 3. The molecule has 0 N–H and O–H groups in total. The molecule has 0 radical (unpaired) electrons. The average molecular weight is 321 g/mol. The average Bonchev–Trinajstić information content (AvgIpc) is 2.47. The summed E-state index contributed by atoms with van der Waals surface area (Å²) < 4.78 is 34.2. The summed E-state index contributed by atoms with van der Waals surface area (Å²) in [6.07, 6.45) is 0. The summed E-state index contributed by atoms with van der Waals surface area (Å²) in [6, 6.07) is 4.95. The second kappa shape index (κ2) is 7.77. The maximum Gasteiger partial charge on any atom is 0.387 e. The van der Waals surface area contributed by atoms with Crippen LogP contribution in [0.5, 0.6) is 5.75 Å². The van der Waals surface area contributed by atoms with Crippen molar-refractivity contribution in [3.05, 3.63) is 23.2 Å². The maximum atomic E-state index is 12.3. The molecule has 0 aromatic heterocycles. The van der Waals surface area contributed by atoms with E-state index in [0.29, 0.717) is 6.61 Å². The Morgan fingerprint density at radius 3 is 2.57 bits per heavy atom. The maximum absolute atomic E-state index is 12.3. The highest BCUT2D eigenvalue weighted by Crippen LogP contribution is 2.35. The molecule has 1 aromatic carbocycles. The Kier molecular flexibility index (Phi) is 6.02. The molecular weight excluding hydrogens is 302 g/mol. The van der Waals surface area contributed by atoms with Gasteiger partial charge >= 0.3 is 6.61 Å². The molecule has 0 amide bonds. The summed E-state index contributed by atoms with van der Waals surface area (Å²) in [5.41, 5.74) is 0.737. The van der Waals surface area contributed by atoms with Crippen molar-refractivity contribution in [2.75, 3.05) is 51.3 Å². The monoisotopic (exact) mass is 320 g/mol. The van der Waals surface area contributed by atoms with E-state index in [0.717, 1.165) is 38.4 Å². The molecule has 4 nitrogen and oxygen atoms in total. The van der Waals surface area contributed by atoms with Crippen molar-refractivity contribution in [2.24, 2.45) is 0 Å². The third kappa shape index (κ3) is 4.43. The van der Waals surface area contributed by atoms with Gasteiger partial charge in [0.1, 0.15) is 10.8 Å². The minimum atomic E-state index is -2.87. The van der Waals surface area contributed by atoms with Gasteiger partial charge in [-0.25, -0.2) is 0 Å². The topological polar surface area (TPSA) is 24.9 Å². The fourth-order valence-corrected chi connectivity index (χ4v) is 2.65. The van der Waals surface area contributed by atoms with Crippen LogP contribution in [0.25, 0.3) is 0 Å².